The van der Waals surface area contributed by atoms with Crippen molar-refractivity contribution in [2.45, 2.75) is 25.9 Å². The smallest absolute Gasteiger partial charge is 0.173 e. The molecule has 5 heteroatoms. The zero-order valence-corrected chi connectivity index (χ0v) is 12.7. The Kier molecular flexibility index (Phi) is 4.71. The molecule has 1 nitrogen and oxygen atoms in total. The lowest BCUT2D eigenvalue weighted by Gasteiger charge is -2.12. The molecule has 2 aromatic rings. The van der Waals surface area contributed by atoms with E-state index in [0.717, 1.165) is 17.4 Å². The van der Waals surface area contributed by atoms with Crippen LogP contribution in [-0.2, 0) is 12.8 Å². The minimum Gasteiger partial charge on any atom is -0.388 e. The van der Waals surface area contributed by atoms with Crippen molar-refractivity contribution in [3.63, 3.8) is 0 Å². The number of rotatable bonds is 4. The zero-order chi connectivity index (χ0) is 14.0. The van der Waals surface area contributed by atoms with Crippen LogP contribution >= 0.6 is 27.3 Å². The second-order valence-electron chi connectivity index (χ2n) is 4.21. The molecule has 1 atom stereocenters. The lowest BCUT2D eigenvalue weighted by molar-refractivity contribution is 0.178. The van der Waals surface area contributed by atoms with Crippen LogP contribution in [0.2, 0.25) is 0 Å². The molecule has 0 aliphatic rings. The summed E-state index contributed by atoms with van der Waals surface area (Å²) in [5, 5.41) is 10.1. The second kappa shape index (κ2) is 6.11. The summed E-state index contributed by atoms with van der Waals surface area (Å²) in [6.45, 7) is 2.07. The zero-order valence-electron chi connectivity index (χ0n) is 10.3. The largest absolute Gasteiger partial charge is 0.388 e. The van der Waals surface area contributed by atoms with E-state index in [4.69, 9.17) is 0 Å². The molecule has 1 aromatic heterocycles. The fourth-order valence-corrected chi connectivity index (χ4v) is 3.40. The third-order valence-electron chi connectivity index (χ3n) is 2.88. The van der Waals surface area contributed by atoms with E-state index in [2.05, 4.69) is 22.9 Å². The predicted molar refractivity (Wildman–Crippen MR) is 76.4 cm³/mol. The number of aliphatic hydroxyl groups is 1. The highest BCUT2D eigenvalue weighted by atomic mass is 79.9. The molecule has 1 unspecified atom stereocenters. The number of thiophene rings is 1. The van der Waals surface area contributed by atoms with Crippen molar-refractivity contribution in [3.05, 3.63) is 55.7 Å². The van der Waals surface area contributed by atoms with Gasteiger partial charge in [0.2, 0.25) is 0 Å². The molecule has 0 spiro atoms. The Morgan fingerprint density at radius 3 is 2.53 bits per heavy atom. The van der Waals surface area contributed by atoms with E-state index in [1.54, 1.807) is 11.3 Å². The number of hydrogen-bond donors (Lipinski definition) is 1. The second-order valence-corrected chi connectivity index (χ2v) is 6.25. The van der Waals surface area contributed by atoms with E-state index in [0.29, 0.717) is 12.0 Å². The van der Waals surface area contributed by atoms with Crippen LogP contribution < -0.4 is 0 Å². The van der Waals surface area contributed by atoms with Crippen LogP contribution in [-0.4, -0.2) is 5.11 Å². The van der Waals surface area contributed by atoms with Crippen molar-refractivity contribution in [1.29, 1.82) is 0 Å². The van der Waals surface area contributed by atoms with Crippen molar-refractivity contribution in [3.8, 4) is 0 Å². The van der Waals surface area contributed by atoms with E-state index < -0.39 is 17.7 Å². The van der Waals surface area contributed by atoms with Crippen LogP contribution in [0.25, 0.3) is 0 Å². The standard InChI is InChI=1S/C14H13BrF2OS/c1-2-8-3-4-9(19-8)7-12(18)10-5-6-11(16)14(17)13(10)15/h3-6,12,18H,2,7H2,1H3. The van der Waals surface area contributed by atoms with Gasteiger partial charge in [-0.2, -0.15) is 0 Å². The van der Waals surface area contributed by atoms with E-state index >= 15 is 0 Å². The lowest BCUT2D eigenvalue weighted by atomic mass is 10.1. The van der Waals surface area contributed by atoms with Gasteiger partial charge in [-0.3, -0.25) is 0 Å². The molecule has 0 bridgehead atoms. The van der Waals surface area contributed by atoms with Crippen LogP contribution in [0, 0.1) is 11.6 Å². The number of halogens is 3. The molecule has 0 aliphatic carbocycles. The molecular formula is C14H13BrF2OS. The van der Waals surface area contributed by atoms with Gasteiger partial charge in [-0.05, 0) is 46.1 Å². The van der Waals surface area contributed by atoms with Crippen molar-refractivity contribution >= 4 is 27.3 Å². The third kappa shape index (κ3) is 3.22. The Morgan fingerprint density at radius 2 is 1.89 bits per heavy atom. The molecule has 0 aliphatic heterocycles. The normalized spacial score (nSPS) is 12.7. The Morgan fingerprint density at radius 1 is 1.21 bits per heavy atom. The van der Waals surface area contributed by atoms with Gasteiger partial charge in [0.25, 0.3) is 0 Å². The molecule has 1 N–H and O–H groups in total. The van der Waals surface area contributed by atoms with Crippen LogP contribution in [0.3, 0.4) is 0 Å². The fourth-order valence-electron chi connectivity index (χ4n) is 1.82. The van der Waals surface area contributed by atoms with Gasteiger partial charge in [-0.15, -0.1) is 11.3 Å². The van der Waals surface area contributed by atoms with Gasteiger partial charge >= 0.3 is 0 Å². The quantitative estimate of drug-likeness (QED) is 0.800. The molecule has 0 amide bonds. The molecule has 1 aromatic carbocycles. The highest BCUT2D eigenvalue weighted by Crippen LogP contribution is 2.31. The van der Waals surface area contributed by atoms with E-state index in [-0.39, 0.29) is 4.47 Å². The molecular weight excluding hydrogens is 334 g/mol. The van der Waals surface area contributed by atoms with Gasteiger partial charge < -0.3 is 5.11 Å². The summed E-state index contributed by atoms with van der Waals surface area (Å²) in [5.74, 6) is -1.89. The summed E-state index contributed by atoms with van der Waals surface area (Å²) in [4.78, 5) is 2.27. The van der Waals surface area contributed by atoms with Crippen LogP contribution in [0.15, 0.2) is 28.7 Å². The summed E-state index contributed by atoms with van der Waals surface area (Å²) in [5.41, 5.74) is 0.366. The molecule has 0 fully saturated rings. The van der Waals surface area contributed by atoms with Crippen LogP contribution in [0.5, 0.6) is 0 Å². The third-order valence-corrected chi connectivity index (χ3v) is 4.94. The predicted octanol–water partition coefficient (Wildman–Crippen LogP) is 4.63. The number of benzene rings is 1. The van der Waals surface area contributed by atoms with Crippen molar-refractivity contribution < 1.29 is 13.9 Å². The molecule has 102 valence electrons. The van der Waals surface area contributed by atoms with E-state index in [1.807, 2.05) is 12.1 Å². The van der Waals surface area contributed by atoms with Gasteiger partial charge in [0.15, 0.2) is 11.6 Å². The Bertz CT molecular complexity index is 583. The molecule has 0 saturated heterocycles. The van der Waals surface area contributed by atoms with Gasteiger partial charge in [0.05, 0.1) is 10.6 Å². The summed E-state index contributed by atoms with van der Waals surface area (Å²) in [6, 6.07) is 6.42. The van der Waals surface area contributed by atoms with E-state index in [1.165, 1.54) is 10.9 Å². The summed E-state index contributed by atoms with van der Waals surface area (Å²) in [6.07, 6.45) is 0.497. The van der Waals surface area contributed by atoms with Crippen LogP contribution in [0.4, 0.5) is 8.78 Å². The molecule has 1 heterocycles. The number of hydrogen-bond acceptors (Lipinski definition) is 2. The minimum absolute atomic E-state index is 0.00716. The first-order valence-corrected chi connectivity index (χ1v) is 7.53. The van der Waals surface area contributed by atoms with Gasteiger partial charge in [-0.1, -0.05) is 13.0 Å². The maximum absolute atomic E-state index is 13.4. The van der Waals surface area contributed by atoms with Crippen molar-refractivity contribution in [2.24, 2.45) is 0 Å². The summed E-state index contributed by atoms with van der Waals surface area (Å²) < 4.78 is 26.4. The first-order valence-electron chi connectivity index (χ1n) is 5.92. The highest BCUT2D eigenvalue weighted by Gasteiger charge is 2.18. The Labute approximate surface area is 123 Å². The van der Waals surface area contributed by atoms with Gasteiger partial charge in [-0.25, -0.2) is 8.78 Å². The SMILES string of the molecule is CCc1ccc(CC(O)c2ccc(F)c(F)c2Br)s1. The average molecular weight is 347 g/mol. The monoisotopic (exact) mass is 346 g/mol. The fraction of sp³-hybridized carbons (Fsp3) is 0.286. The first kappa shape index (κ1) is 14.6. The summed E-state index contributed by atoms with van der Waals surface area (Å²) in [7, 11) is 0. The molecule has 2 rings (SSSR count). The first-order chi connectivity index (χ1) is 9.02. The van der Waals surface area contributed by atoms with E-state index in [9.17, 15) is 13.9 Å². The molecule has 0 saturated carbocycles. The number of aliphatic hydroxyl groups excluding tert-OH is 1. The Balaban J connectivity index is 2.20. The molecule has 19 heavy (non-hydrogen) atoms. The topological polar surface area (TPSA) is 20.2 Å². The van der Waals surface area contributed by atoms with Gasteiger partial charge in [0.1, 0.15) is 0 Å². The van der Waals surface area contributed by atoms with Crippen molar-refractivity contribution in [2.75, 3.05) is 0 Å². The summed E-state index contributed by atoms with van der Waals surface area (Å²) >= 11 is 4.62. The Hall–Kier alpha value is -0.780. The minimum atomic E-state index is -0.961. The maximum Gasteiger partial charge on any atom is 0.173 e. The molecule has 0 radical (unpaired) electrons. The average Bonchev–Trinajstić information content (AvgIpc) is 2.83. The number of aryl methyl sites for hydroxylation is 1. The highest BCUT2D eigenvalue weighted by molar-refractivity contribution is 9.10. The van der Waals surface area contributed by atoms with Crippen LogP contribution in [0.1, 0.15) is 28.3 Å². The van der Waals surface area contributed by atoms with Gasteiger partial charge in [0, 0.05) is 16.2 Å². The van der Waals surface area contributed by atoms with Crippen molar-refractivity contribution in [1.82, 2.24) is 0 Å². The maximum atomic E-state index is 13.4. The lowest BCUT2D eigenvalue weighted by Crippen LogP contribution is -2.03.